The number of fused-ring (bicyclic) bond motifs is 5. The van der Waals surface area contributed by atoms with Crippen LogP contribution in [0.4, 0.5) is 0 Å². The molecule has 4 rings (SSSR count). The summed E-state index contributed by atoms with van der Waals surface area (Å²) < 4.78 is 10.5. The van der Waals surface area contributed by atoms with Gasteiger partial charge in [0.1, 0.15) is 12.7 Å². The van der Waals surface area contributed by atoms with Crippen molar-refractivity contribution in [2.24, 2.45) is 22.7 Å². The van der Waals surface area contributed by atoms with Crippen molar-refractivity contribution >= 4 is 17.7 Å². The summed E-state index contributed by atoms with van der Waals surface area (Å²) in [6, 6.07) is 0. The summed E-state index contributed by atoms with van der Waals surface area (Å²) in [4.78, 5) is 35.3. The number of rotatable bonds is 4. The van der Waals surface area contributed by atoms with Crippen LogP contribution < -0.4 is 0 Å². The van der Waals surface area contributed by atoms with Gasteiger partial charge >= 0.3 is 11.9 Å². The molecule has 0 aromatic carbocycles. The molecular weight excluding hydrogens is 380 g/mol. The molecule has 0 aliphatic heterocycles. The topological polar surface area (TPSA) is 69.7 Å². The van der Waals surface area contributed by atoms with Crippen molar-refractivity contribution in [1.82, 2.24) is 0 Å². The van der Waals surface area contributed by atoms with Gasteiger partial charge in [-0.15, -0.1) is 0 Å². The van der Waals surface area contributed by atoms with E-state index in [2.05, 4.69) is 32.1 Å². The van der Waals surface area contributed by atoms with Crippen LogP contribution in [0, 0.1) is 22.7 Å². The number of Topliss-reactive ketones (excluding diaryl/α,β-unsaturated/α-hetero) is 1. The minimum atomic E-state index is -0.404. The van der Waals surface area contributed by atoms with Crippen LogP contribution in [-0.4, -0.2) is 30.4 Å². The van der Waals surface area contributed by atoms with Crippen LogP contribution >= 0.6 is 0 Å². The van der Waals surface area contributed by atoms with Gasteiger partial charge in [0, 0.05) is 31.6 Å². The molecule has 5 atom stereocenters. The Bertz CT molecular complexity index is 878. The quantitative estimate of drug-likeness (QED) is 0.637. The molecule has 0 aromatic rings. The molecule has 5 heteroatoms. The van der Waals surface area contributed by atoms with Crippen molar-refractivity contribution in [3.8, 4) is 0 Å². The molecule has 30 heavy (non-hydrogen) atoms. The molecule has 0 aromatic heterocycles. The maximum absolute atomic E-state index is 12.8. The number of ether oxygens (including phenoxy) is 2. The third kappa shape index (κ3) is 3.36. The molecule has 0 N–H and O–H groups in total. The zero-order valence-corrected chi connectivity index (χ0v) is 18.5. The molecule has 0 heterocycles. The van der Waals surface area contributed by atoms with Crippen molar-refractivity contribution < 1.29 is 23.9 Å². The van der Waals surface area contributed by atoms with E-state index in [4.69, 9.17) is 9.47 Å². The summed E-state index contributed by atoms with van der Waals surface area (Å²) in [5.74, 6) is -0.283. The number of carbonyl (C=O) groups is 3. The van der Waals surface area contributed by atoms with E-state index < -0.39 is 5.97 Å². The van der Waals surface area contributed by atoms with E-state index >= 15 is 0 Å². The van der Waals surface area contributed by atoms with Crippen LogP contribution in [0.1, 0.15) is 66.2 Å². The van der Waals surface area contributed by atoms with E-state index in [-0.39, 0.29) is 41.2 Å². The Morgan fingerprint density at radius 2 is 1.83 bits per heavy atom. The van der Waals surface area contributed by atoms with Crippen LogP contribution in [0.25, 0.3) is 0 Å². The molecule has 0 bridgehead atoms. The van der Waals surface area contributed by atoms with Gasteiger partial charge in [-0.1, -0.05) is 37.6 Å². The minimum absolute atomic E-state index is 0.0120. The highest BCUT2D eigenvalue weighted by Crippen LogP contribution is 2.62. The van der Waals surface area contributed by atoms with E-state index in [1.54, 1.807) is 0 Å². The molecule has 4 aliphatic rings. The first-order valence-corrected chi connectivity index (χ1v) is 11.1. The zero-order valence-electron chi connectivity index (χ0n) is 18.5. The SMILES string of the molecule is CC(=O)OCC(=O)[C@H]1CC[C@H]2C3=CC=C4C[C@@H](OC(C)=O)CC[C@]4(C)C3=CC[C@]12C. The van der Waals surface area contributed by atoms with Gasteiger partial charge in [-0.05, 0) is 54.6 Å². The van der Waals surface area contributed by atoms with Crippen LogP contribution in [-0.2, 0) is 23.9 Å². The number of hydrogen-bond acceptors (Lipinski definition) is 5. The average Bonchev–Trinajstić information content (AvgIpc) is 3.03. The lowest BCUT2D eigenvalue weighted by Gasteiger charge is -2.50. The molecule has 2 fully saturated rings. The summed E-state index contributed by atoms with van der Waals surface area (Å²) >= 11 is 0. The second-order valence-electron chi connectivity index (χ2n) is 9.88. The highest BCUT2D eigenvalue weighted by molar-refractivity contribution is 5.85. The van der Waals surface area contributed by atoms with E-state index in [1.807, 2.05) is 0 Å². The van der Waals surface area contributed by atoms with Gasteiger partial charge in [-0.2, -0.15) is 0 Å². The third-order valence-corrected chi connectivity index (χ3v) is 8.09. The molecule has 162 valence electrons. The lowest BCUT2D eigenvalue weighted by Crippen LogP contribution is -2.42. The van der Waals surface area contributed by atoms with Crippen molar-refractivity contribution in [3.05, 3.63) is 34.9 Å². The maximum Gasteiger partial charge on any atom is 0.303 e. The van der Waals surface area contributed by atoms with Crippen molar-refractivity contribution in [2.75, 3.05) is 6.61 Å². The van der Waals surface area contributed by atoms with E-state index in [0.717, 1.165) is 38.5 Å². The Morgan fingerprint density at radius 3 is 2.53 bits per heavy atom. The largest absolute Gasteiger partial charge is 0.462 e. The van der Waals surface area contributed by atoms with Gasteiger partial charge in [0.2, 0.25) is 0 Å². The molecule has 0 amide bonds. The first-order chi connectivity index (χ1) is 14.1. The van der Waals surface area contributed by atoms with Gasteiger partial charge in [-0.25, -0.2) is 0 Å². The molecule has 2 saturated carbocycles. The standard InChI is InChI=1S/C25H32O5/c1-15(26)29-14-23(28)22-8-7-20-19-6-5-17-13-18(30-16(2)27)9-11-24(17,3)21(19)10-12-25(20,22)4/h5-6,10,18,20,22H,7-9,11-14H2,1-4H3/t18-,20-,22+,24-,25-/m0/s1. The van der Waals surface area contributed by atoms with Crippen LogP contribution in [0.3, 0.4) is 0 Å². The Hall–Kier alpha value is -2.17. The summed E-state index contributed by atoms with van der Waals surface area (Å²) in [6.45, 7) is 7.26. The van der Waals surface area contributed by atoms with Crippen LogP contribution in [0.5, 0.6) is 0 Å². The summed E-state index contributed by atoms with van der Waals surface area (Å²) in [5, 5.41) is 0. The van der Waals surface area contributed by atoms with E-state index in [1.165, 1.54) is 30.6 Å². The first-order valence-electron chi connectivity index (χ1n) is 11.1. The van der Waals surface area contributed by atoms with Crippen molar-refractivity contribution in [3.63, 3.8) is 0 Å². The smallest absolute Gasteiger partial charge is 0.303 e. The summed E-state index contributed by atoms with van der Waals surface area (Å²) in [5.41, 5.74) is 4.00. The molecule has 5 nitrogen and oxygen atoms in total. The molecule has 0 unspecified atom stereocenters. The Kier molecular flexibility index (Phi) is 5.27. The number of hydrogen-bond donors (Lipinski definition) is 0. The normalized spacial score (nSPS) is 36.9. The van der Waals surface area contributed by atoms with Gasteiger partial charge in [0.05, 0.1) is 0 Å². The van der Waals surface area contributed by atoms with Gasteiger partial charge in [-0.3, -0.25) is 14.4 Å². The number of ketones is 1. The van der Waals surface area contributed by atoms with Crippen molar-refractivity contribution in [2.45, 2.75) is 72.3 Å². The number of allylic oxidation sites excluding steroid dienone is 5. The lowest BCUT2D eigenvalue weighted by molar-refractivity contribution is -0.148. The van der Waals surface area contributed by atoms with E-state index in [9.17, 15) is 14.4 Å². The van der Waals surface area contributed by atoms with Gasteiger partial charge < -0.3 is 9.47 Å². The lowest BCUT2D eigenvalue weighted by atomic mass is 9.55. The van der Waals surface area contributed by atoms with Crippen LogP contribution in [0.2, 0.25) is 0 Å². The predicted molar refractivity (Wildman–Crippen MR) is 112 cm³/mol. The molecule has 0 radical (unpaired) electrons. The van der Waals surface area contributed by atoms with Gasteiger partial charge in [0.15, 0.2) is 5.78 Å². The Balaban J connectivity index is 1.59. The fraction of sp³-hybridized carbons (Fsp3) is 0.640. The summed E-state index contributed by atoms with van der Waals surface area (Å²) in [6.07, 6.45) is 12.2. The highest BCUT2D eigenvalue weighted by atomic mass is 16.5. The Morgan fingerprint density at radius 1 is 1.07 bits per heavy atom. The maximum atomic E-state index is 12.8. The van der Waals surface area contributed by atoms with Crippen molar-refractivity contribution in [1.29, 1.82) is 0 Å². The highest BCUT2D eigenvalue weighted by Gasteiger charge is 2.55. The molecule has 0 saturated heterocycles. The molecular formula is C25H32O5. The minimum Gasteiger partial charge on any atom is -0.462 e. The second-order valence-corrected chi connectivity index (χ2v) is 9.88. The average molecular weight is 413 g/mol. The first kappa shape index (κ1) is 21.1. The molecule has 4 aliphatic carbocycles. The number of carbonyl (C=O) groups excluding carboxylic acids is 3. The predicted octanol–water partition coefficient (Wildman–Crippen LogP) is 4.47. The zero-order chi connectivity index (χ0) is 21.7. The fourth-order valence-electron chi connectivity index (χ4n) is 6.48. The van der Waals surface area contributed by atoms with Crippen LogP contribution in [0.15, 0.2) is 34.9 Å². The van der Waals surface area contributed by atoms with Gasteiger partial charge in [0.25, 0.3) is 0 Å². The monoisotopic (exact) mass is 412 g/mol. The Labute approximate surface area is 178 Å². The summed E-state index contributed by atoms with van der Waals surface area (Å²) in [7, 11) is 0. The van der Waals surface area contributed by atoms with E-state index in [0.29, 0.717) is 5.92 Å². The number of esters is 2. The third-order valence-electron chi connectivity index (χ3n) is 8.09. The fourth-order valence-corrected chi connectivity index (χ4v) is 6.48. The second kappa shape index (κ2) is 7.51. The molecule has 0 spiro atoms.